The highest BCUT2D eigenvalue weighted by atomic mass is 31.2. The maximum Gasteiger partial charge on any atom is 0.268 e. The molecule has 0 aromatic carbocycles. The quantitative estimate of drug-likeness (QED) is 0.0272. The molecule has 0 saturated heterocycles. The van der Waals surface area contributed by atoms with E-state index in [0.717, 1.165) is 109 Å². The molecule has 2 N–H and O–H groups in total. The molecular formula is C70H119N2O6P. The van der Waals surface area contributed by atoms with Crippen LogP contribution < -0.4 is 10.2 Å². The Morgan fingerprint density at radius 1 is 0.456 bits per heavy atom. The molecule has 0 bridgehead atoms. The van der Waals surface area contributed by atoms with E-state index < -0.39 is 26.6 Å². The maximum absolute atomic E-state index is 13.0. The lowest BCUT2D eigenvalue weighted by Gasteiger charge is -2.29. The summed E-state index contributed by atoms with van der Waals surface area (Å²) in [4.78, 5) is 25.5. The molecule has 3 unspecified atom stereocenters. The third-order valence-corrected chi connectivity index (χ3v) is 14.2. The molecule has 0 aliphatic rings. The summed E-state index contributed by atoms with van der Waals surface area (Å²) >= 11 is 0. The molecule has 0 aliphatic carbocycles. The van der Waals surface area contributed by atoms with Crippen LogP contribution in [-0.4, -0.2) is 68.5 Å². The molecule has 0 aromatic heterocycles. The number of nitrogens with one attached hydrogen (secondary N) is 1. The van der Waals surface area contributed by atoms with Crippen molar-refractivity contribution in [1.82, 2.24) is 5.32 Å². The Hall–Kier alpha value is -3.62. The average Bonchev–Trinajstić information content (AvgIpc) is 3.42. The number of quaternary nitrogens is 1. The smallest absolute Gasteiger partial charge is 0.268 e. The fraction of sp³-hybridized carbons (Fsp3) is 0.643. The van der Waals surface area contributed by atoms with Gasteiger partial charge in [-0.3, -0.25) is 9.36 Å². The predicted octanol–water partition coefficient (Wildman–Crippen LogP) is 19.4. The molecule has 0 rings (SSSR count). The molecule has 450 valence electrons. The lowest BCUT2D eigenvalue weighted by molar-refractivity contribution is -0.870. The van der Waals surface area contributed by atoms with Gasteiger partial charge in [0.25, 0.3) is 7.82 Å². The minimum atomic E-state index is -4.63. The molecule has 0 saturated carbocycles. The molecule has 0 fully saturated rings. The molecule has 0 aromatic rings. The standard InChI is InChI=1S/C70H119N2O6P/c1-6-8-10-12-14-16-18-20-22-24-26-28-30-31-32-33-34-35-36-37-38-39-40-41-42-44-46-48-50-52-54-56-58-60-62-64-70(74)71-68(67-78-79(75,76)77-66-65-72(3,4)5)69(73)63-61-59-57-55-53-51-49-47-45-43-29-27-25-23-21-19-17-15-13-11-9-7-2/h8,10,14,16,20,22,26,28,31-32,34-35,37-38,40-41,44,46,50,52-53,55,61,63,68-69,73H,6-7,9,11-13,15,17-19,21,23-25,27,29-30,33,36,39,42-43,45,47-49,51,54,56-60,62,64-67H2,1-5H3,(H-,71,74,75,76)/b10-8-,16-14-,22-20-,28-26-,32-31-,35-34-,38-37-,41-40-,46-44-,52-50-,55-53+,63-61+. The number of carbonyl (C=O) groups is 1. The van der Waals surface area contributed by atoms with Gasteiger partial charge in [0.2, 0.25) is 5.91 Å². The van der Waals surface area contributed by atoms with E-state index in [-0.39, 0.29) is 12.5 Å². The number of aliphatic hydroxyl groups excluding tert-OH is 1. The number of phosphoric ester groups is 1. The van der Waals surface area contributed by atoms with Crippen LogP contribution in [0, 0.1) is 0 Å². The molecule has 1 amide bonds. The summed E-state index contributed by atoms with van der Waals surface area (Å²) in [6, 6.07) is -0.930. The second-order valence-corrected chi connectivity index (χ2v) is 23.4. The van der Waals surface area contributed by atoms with Crippen molar-refractivity contribution < 1.29 is 32.9 Å². The number of aliphatic hydroxyl groups is 1. The normalized spacial score (nSPS) is 14.8. The Morgan fingerprint density at radius 2 is 0.785 bits per heavy atom. The van der Waals surface area contributed by atoms with E-state index in [1.807, 2.05) is 27.2 Å². The number of allylic oxidation sites excluding steroid dienone is 23. The van der Waals surface area contributed by atoms with Gasteiger partial charge in [0.1, 0.15) is 13.2 Å². The highest BCUT2D eigenvalue weighted by molar-refractivity contribution is 7.45. The lowest BCUT2D eigenvalue weighted by Crippen LogP contribution is -2.45. The zero-order valence-corrected chi connectivity index (χ0v) is 52.2. The number of hydrogen-bond acceptors (Lipinski definition) is 6. The summed E-state index contributed by atoms with van der Waals surface area (Å²) in [6.07, 6.45) is 90.8. The topological polar surface area (TPSA) is 108 Å². The van der Waals surface area contributed by atoms with Gasteiger partial charge in [-0.2, -0.15) is 0 Å². The first-order chi connectivity index (χ1) is 38.5. The second kappa shape index (κ2) is 59.0. The molecule has 0 aliphatic heterocycles. The highest BCUT2D eigenvalue weighted by Gasteiger charge is 2.23. The van der Waals surface area contributed by atoms with Crippen LogP contribution in [-0.2, 0) is 18.4 Å². The molecule has 0 spiro atoms. The van der Waals surface area contributed by atoms with Gasteiger partial charge in [0, 0.05) is 6.42 Å². The van der Waals surface area contributed by atoms with Crippen LogP contribution in [0.3, 0.4) is 0 Å². The number of amides is 1. The fourth-order valence-electron chi connectivity index (χ4n) is 8.37. The summed E-state index contributed by atoms with van der Waals surface area (Å²) in [6.45, 7) is 4.49. The van der Waals surface area contributed by atoms with E-state index in [2.05, 4.69) is 153 Å². The zero-order valence-electron chi connectivity index (χ0n) is 51.3. The van der Waals surface area contributed by atoms with Crippen LogP contribution >= 0.6 is 7.82 Å². The Balaban J connectivity index is 4.30. The van der Waals surface area contributed by atoms with Crippen molar-refractivity contribution in [2.45, 2.75) is 251 Å². The van der Waals surface area contributed by atoms with Crippen LogP contribution in [0.2, 0.25) is 0 Å². The average molecular weight is 1120 g/mol. The second-order valence-electron chi connectivity index (χ2n) is 22.0. The maximum atomic E-state index is 13.0. The van der Waals surface area contributed by atoms with Crippen LogP contribution in [0.4, 0.5) is 0 Å². The van der Waals surface area contributed by atoms with E-state index in [1.165, 1.54) is 103 Å². The van der Waals surface area contributed by atoms with Gasteiger partial charge < -0.3 is 28.8 Å². The highest BCUT2D eigenvalue weighted by Crippen LogP contribution is 2.38. The van der Waals surface area contributed by atoms with Crippen LogP contribution in [0.25, 0.3) is 0 Å². The van der Waals surface area contributed by atoms with Gasteiger partial charge in [-0.25, -0.2) is 0 Å². The van der Waals surface area contributed by atoms with Gasteiger partial charge in [0.15, 0.2) is 0 Å². The molecule has 8 nitrogen and oxygen atoms in total. The fourth-order valence-corrected chi connectivity index (χ4v) is 9.10. The Kier molecular flexibility index (Phi) is 56.3. The van der Waals surface area contributed by atoms with E-state index in [4.69, 9.17) is 9.05 Å². The van der Waals surface area contributed by atoms with Crippen molar-refractivity contribution in [3.05, 3.63) is 146 Å². The Bertz CT molecular complexity index is 1790. The van der Waals surface area contributed by atoms with E-state index in [9.17, 15) is 19.4 Å². The van der Waals surface area contributed by atoms with Crippen LogP contribution in [0.1, 0.15) is 239 Å². The summed E-state index contributed by atoms with van der Waals surface area (Å²) in [7, 11) is 1.21. The van der Waals surface area contributed by atoms with Crippen molar-refractivity contribution in [1.29, 1.82) is 0 Å². The number of nitrogens with zero attached hydrogens (tertiary/aromatic N) is 1. The van der Waals surface area contributed by atoms with E-state index in [0.29, 0.717) is 23.9 Å². The molecule has 0 heterocycles. The molecule has 9 heteroatoms. The Morgan fingerprint density at radius 3 is 1.18 bits per heavy atom. The van der Waals surface area contributed by atoms with Crippen molar-refractivity contribution in [3.63, 3.8) is 0 Å². The summed E-state index contributed by atoms with van der Waals surface area (Å²) in [5.41, 5.74) is 0. The van der Waals surface area contributed by atoms with E-state index >= 15 is 0 Å². The largest absolute Gasteiger partial charge is 0.756 e. The van der Waals surface area contributed by atoms with Crippen LogP contribution in [0.5, 0.6) is 0 Å². The molecule has 0 radical (unpaired) electrons. The number of hydrogen-bond donors (Lipinski definition) is 2. The predicted molar refractivity (Wildman–Crippen MR) is 343 cm³/mol. The number of unbranched alkanes of at least 4 members (excludes halogenated alkanes) is 21. The van der Waals surface area contributed by atoms with Crippen molar-refractivity contribution in [2.75, 3.05) is 40.9 Å². The lowest BCUT2D eigenvalue weighted by atomic mass is 10.0. The number of phosphoric acid groups is 1. The zero-order chi connectivity index (χ0) is 57.7. The van der Waals surface area contributed by atoms with Gasteiger partial charge >= 0.3 is 0 Å². The van der Waals surface area contributed by atoms with E-state index in [1.54, 1.807) is 6.08 Å². The minimum absolute atomic E-state index is 0.0196. The van der Waals surface area contributed by atoms with Gasteiger partial charge in [0.05, 0.1) is 39.9 Å². The molecule has 3 atom stereocenters. The SMILES string of the molecule is CC/C=C\C/C=C\C/C=C\C/C=C\C/C=C\C/C=C\C/C=C\C/C=C\C/C=C\C/C=C\CCCCCCC(=O)NC(COP(=O)([O-])OCC[N+](C)(C)C)C(O)/C=C/CC/C=C/CCCCCCCCCCCCCCCCCC. The number of rotatable bonds is 56. The van der Waals surface area contributed by atoms with Gasteiger partial charge in [-0.1, -0.05) is 269 Å². The van der Waals surface area contributed by atoms with Crippen molar-refractivity contribution in [2.24, 2.45) is 0 Å². The summed E-state index contributed by atoms with van der Waals surface area (Å²) < 4.78 is 23.4. The number of likely N-dealkylation sites (N-methyl/N-ethyl adjacent to an activating group) is 1. The first-order valence-electron chi connectivity index (χ1n) is 31.7. The van der Waals surface area contributed by atoms with Gasteiger partial charge in [-0.05, 0) is 109 Å². The van der Waals surface area contributed by atoms with Crippen molar-refractivity contribution >= 4 is 13.7 Å². The monoisotopic (exact) mass is 1110 g/mol. The Labute approximate surface area is 487 Å². The summed E-state index contributed by atoms with van der Waals surface area (Å²) in [5.74, 6) is -0.236. The molecule has 79 heavy (non-hydrogen) atoms. The first-order valence-corrected chi connectivity index (χ1v) is 33.2. The van der Waals surface area contributed by atoms with Gasteiger partial charge in [-0.15, -0.1) is 0 Å². The third kappa shape index (κ3) is 61.8. The third-order valence-electron chi connectivity index (χ3n) is 13.3. The number of carbonyl (C=O) groups excluding carboxylic acids is 1. The molecular weight excluding hydrogens is 996 g/mol. The van der Waals surface area contributed by atoms with Crippen LogP contribution in [0.15, 0.2) is 146 Å². The first kappa shape index (κ1) is 75.4. The van der Waals surface area contributed by atoms with Crippen molar-refractivity contribution in [3.8, 4) is 0 Å². The summed E-state index contributed by atoms with van der Waals surface area (Å²) in [5, 5.41) is 13.9. The minimum Gasteiger partial charge on any atom is -0.756 e.